The summed E-state index contributed by atoms with van der Waals surface area (Å²) in [6, 6.07) is 10.1. The summed E-state index contributed by atoms with van der Waals surface area (Å²) < 4.78 is 0. The van der Waals surface area contributed by atoms with Crippen molar-refractivity contribution in [1.29, 1.82) is 0 Å². The summed E-state index contributed by atoms with van der Waals surface area (Å²) in [5, 5.41) is 3.01. The first-order valence-corrected chi connectivity index (χ1v) is 7.80. The summed E-state index contributed by atoms with van der Waals surface area (Å²) in [5.74, 6) is 0.560. The Kier molecular flexibility index (Phi) is 8.01. The van der Waals surface area contributed by atoms with E-state index in [4.69, 9.17) is 5.73 Å². The highest BCUT2D eigenvalue weighted by molar-refractivity contribution is 5.81. The normalized spacial score (nSPS) is 12.7. The molecule has 3 N–H and O–H groups in total. The molecule has 21 heavy (non-hydrogen) atoms. The summed E-state index contributed by atoms with van der Waals surface area (Å²) >= 11 is 0. The third-order valence-corrected chi connectivity index (χ3v) is 3.49. The van der Waals surface area contributed by atoms with E-state index in [-0.39, 0.29) is 11.9 Å². The Hall–Kier alpha value is -1.39. The lowest BCUT2D eigenvalue weighted by molar-refractivity contribution is -0.126. The van der Waals surface area contributed by atoms with Crippen LogP contribution >= 0.6 is 0 Å². The number of amides is 1. The molecule has 1 atom stereocenters. The van der Waals surface area contributed by atoms with Gasteiger partial charge in [0.2, 0.25) is 5.91 Å². The molecule has 1 aromatic carbocycles. The van der Waals surface area contributed by atoms with E-state index in [0.29, 0.717) is 12.5 Å². The van der Waals surface area contributed by atoms with Crippen LogP contribution in [0.25, 0.3) is 0 Å². The lowest BCUT2D eigenvalue weighted by Crippen LogP contribution is -2.46. The number of carbonyl (C=O) groups excluding carboxylic acids is 1. The number of nitrogens with two attached hydrogens (primary N) is 1. The maximum atomic E-state index is 12.3. The second-order valence-electron chi connectivity index (χ2n) is 5.91. The molecule has 0 heterocycles. The molecule has 0 radical (unpaired) electrons. The molecule has 0 aliphatic carbocycles. The molecule has 0 aliphatic heterocycles. The zero-order valence-corrected chi connectivity index (χ0v) is 13.5. The van der Waals surface area contributed by atoms with Crippen LogP contribution < -0.4 is 11.1 Å². The largest absolute Gasteiger partial charge is 0.354 e. The van der Waals surface area contributed by atoms with Crippen molar-refractivity contribution < 1.29 is 4.79 Å². The van der Waals surface area contributed by atoms with Crippen LogP contribution in [0.3, 0.4) is 0 Å². The molecule has 1 rings (SSSR count). The van der Waals surface area contributed by atoms with E-state index in [1.807, 2.05) is 25.1 Å². The van der Waals surface area contributed by atoms with Gasteiger partial charge in [-0.05, 0) is 31.4 Å². The molecule has 118 valence electrons. The minimum atomic E-state index is -0.143. The Morgan fingerprint density at radius 3 is 2.48 bits per heavy atom. The van der Waals surface area contributed by atoms with Crippen LogP contribution in [0.1, 0.15) is 32.8 Å². The molecule has 4 nitrogen and oxygen atoms in total. The van der Waals surface area contributed by atoms with Crippen molar-refractivity contribution in [3.05, 3.63) is 35.9 Å². The fourth-order valence-electron chi connectivity index (χ4n) is 2.14. The molecule has 0 spiro atoms. The fraction of sp³-hybridized carbons (Fsp3) is 0.588. The standard InChI is InChI=1S/C17H29N3O/c1-14(2)12-19-17(21)15(3)20(11-7-10-18)13-16-8-5-4-6-9-16/h4-6,8-9,14-15H,7,10-13,18H2,1-3H3,(H,19,21). The highest BCUT2D eigenvalue weighted by Crippen LogP contribution is 2.09. The van der Waals surface area contributed by atoms with Gasteiger partial charge < -0.3 is 11.1 Å². The van der Waals surface area contributed by atoms with Gasteiger partial charge >= 0.3 is 0 Å². The van der Waals surface area contributed by atoms with Gasteiger partial charge in [0, 0.05) is 19.6 Å². The smallest absolute Gasteiger partial charge is 0.237 e. The predicted molar refractivity (Wildman–Crippen MR) is 87.8 cm³/mol. The van der Waals surface area contributed by atoms with Crippen LogP contribution in [0.15, 0.2) is 30.3 Å². The maximum absolute atomic E-state index is 12.3. The monoisotopic (exact) mass is 291 g/mol. The molecule has 1 aromatic rings. The van der Waals surface area contributed by atoms with Gasteiger partial charge in [-0.3, -0.25) is 9.69 Å². The van der Waals surface area contributed by atoms with Crippen LogP contribution in [0, 0.1) is 5.92 Å². The van der Waals surface area contributed by atoms with E-state index < -0.39 is 0 Å². The van der Waals surface area contributed by atoms with Crippen LogP contribution in [0.2, 0.25) is 0 Å². The number of benzene rings is 1. The van der Waals surface area contributed by atoms with Crippen molar-refractivity contribution in [2.24, 2.45) is 11.7 Å². The van der Waals surface area contributed by atoms with Crippen molar-refractivity contribution in [3.63, 3.8) is 0 Å². The summed E-state index contributed by atoms with van der Waals surface area (Å²) in [5.41, 5.74) is 6.84. The van der Waals surface area contributed by atoms with Crippen molar-refractivity contribution >= 4 is 5.91 Å². The molecule has 0 aromatic heterocycles. The Balaban J connectivity index is 2.64. The van der Waals surface area contributed by atoms with Crippen molar-refractivity contribution in [2.75, 3.05) is 19.6 Å². The van der Waals surface area contributed by atoms with Crippen LogP contribution in [-0.4, -0.2) is 36.5 Å². The highest BCUT2D eigenvalue weighted by Gasteiger charge is 2.20. The summed E-state index contributed by atoms with van der Waals surface area (Å²) in [6.07, 6.45) is 0.897. The molecular weight excluding hydrogens is 262 g/mol. The Bertz CT molecular complexity index is 406. The molecule has 0 fully saturated rings. The topological polar surface area (TPSA) is 58.4 Å². The third-order valence-electron chi connectivity index (χ3n) is 3.49. The van der Waals surface area contributed by atoms with Gasteiger partial charge in [-0.1, -0.05) is 44.2 Å². The van der Waals surface area contributed by atoms with E-state index in [1.165, 1.54) is 5.56 Å². The Labute approximate surface area is 128 Å². The first-order chi connectivity index (χ1) is 10.0. The van der Waals surface area contributed by atoms with E-state index in [1.54, 1.807) is 0 Å². The molecule has 1 unspecified atom stereocenters. The van der Waals surface area contributed by atoms with Crippen molar-refractivity contribution in [3.8, 4) is 0 Å². The van der Waals surface area contributed by atoms with E-state index >= 15 is 0 Å². The average molecular weight is 291 g/mol. The van der Waals surface area contributed by atoms with E-state index in [9.17, 15) is 4.79 Å². The minimum Gasteiger partial charge on any atom is -0.354 e. The van der Waals surface area contributed by atoms with Gasteiger partial charge in [-0.2, -0.15) is 0 Å². The van der Waals surface area contributed by atoms with Gasteiger partial charge in [-0.25, -0.2) is 0 Å². The summed E-state index contributed by atoms with van der Waals surface area (Å²) in [7, 11) is 0. The number of nitrogens with zero attached hydrogens (tertiary/aromatic N) is 1. The molecule has 1 amide bonds. The minimum absolute atomic E-state index is 0.0941. The summed E-state index contributed by atoms with van der Waals surface area (Å²) in [4.78, 5) is 14.5. The SMILES string of the molecule is CC(C)CNC(=O)C(C)N(CCCN)Cc1ccccc1. The third kappa shape index (κ3) is 6.74. The van der Waals surface area contributed by atoms with E-state index in [2.05, 4.69) is 36.2 Å². The molecular formula is C17H29N3O. The Morgan fingerprint density at radius 2 is 1.90 bits per heavy atom. The van der Waals surface area contributed by atoms with Gasteiger partial charge in [0.15, 0.2) is 0 Å². The van der Waals surface area contributed by atoms with Gasteiger partial charge in [0.25, 0.3) is 0 Å². The van der Waals surface area contributed by atoms with Crippen LogP contribution in [0.5, 0.6) is 0 Å². The van der Waals surface area contributed by atoms with Crippen LogP contribution in [0.4, 0.5) is 0 Å². The van der Waals surface area contributed by atoms with E-state index in [0.717, 1.165) is 26.1 Å². The fourth-order valence-corrected chi connectivity index (χ4v) is 2.14. The molecule has 0 aliphatic rings. The number of nitrogens with one attached hydrogen (secondary N) is 1. The number of hydrogen-bond donors (Lipinski definition) is 2. The quantitative estimate of drug-likeness (QED) is 0.731. The lowest BCUT2D eigenvalue weighted by atomic mass is 10.1. The number of hydrogen-bond acceptors (Lipinski definition) is 3. The zero-order valence-electron chi connectivity index (χ0n) is 13.5. The molecule has 0 saturated carbocycles. The lowest BCUT2D eigenvalue weighted by Gasteiger charge is -2.28. The second-order valence-corrected chi connectivity index (χ2v) is 5.91. The first-order valence-electron chi connectivity index (χ1n) is 7.80. The van der Waals surface area contributed by atoms with Gasteiger partial charge in [0.05, 0.1) is 6.04 Å². The number of carbonyl (C=O) groups is 1. The van der Waals surface area contributed by atoms with Gasteiger partial charge in [0.1, 0.15) is 0 Å². The van der Waals surface area contributed by atoms with Gasteiger partial charge in [-0.15, -0.1) is 0 Å². The van der Waals surface area contributed by atoms with Crippen molar-refractivity contribution in [2.45, 2.75) is 39.8 Å². The second kappa shape index (κ2) is 9.53. The predicted octanol–water partition coefficient (Wildman–Crippen LogP) is 2.00. The Morgan fingerprint density at radius 1 is 1.24 bits per heavy atom. The molecule has 0 saturated heterocycles. The summed E-state index contributed by atoms with van der Waals surface area (Å²) in [6.45, 7) is 9.14. The molecule has 4 heteroatoms. The maximum Gasteiger partial charge on any atom is 0.237 e. The average Bonchev–Trinajstić information content (AvgIpc) is 2.49. The number of rotatable bonds is 9. The van der Waals surface area contributed by atoms with Crippen molar-refractivity contribution in [1.82, 2.24) is 10.2 Å². The zero-order chi connectivity index (χ0) is 15.7. The molecule has 0 bridgehead atoms. The first kappa shape index (κ1) is 17.7. The highest BCUT2D eigenvalue weighted by atomic mass is 16.2. The van der Waals surface area contributed by atoms with Crippen LogP contribution in [-0.2, 0) is 11.3 Å².